The lowest BCUT2D eigenvalue weighted by Crippen LogP contribution is -2.43. The van der Waals surface area contributed by atoms with E-state index in [-0.39, 0.29) is 52.9 Å². The number of nitrogens with zero attached hydrogens (tertiary/aromatic N) is 2. The molecule has 1 saturated carbocycles. The molecule has 4 N–H and O–H groups in total. The number of likely N-dealkylation sites (tertiary alicyclic amines) is 1. The second-order valence-corrected chi connectivity index (χ2v) is 11.4. The molecule has 2 aromatic carbocycles. The Labute approximate surface area is 273 Å². The summed E-state index contributed by atoms with van der Waals surface area (Å²) in [6.07, 6.45) is -0.703. The Balaban J connectivity index is 1.46. The van der Waals surface area contributed by atoms with Gasteiger partial charge >= 0.3 is 24.6 Å². The molecule has 1 aliphatic carbocycles. The van der Waals surface area contributed by atoms with E-state index in [0.717, 1.165) is 24.9 Å². The van der Waals surface area contributed by atoms with Gasteiger partial charge in [-0.05, 0) is 43.9 Å². The highest BCUT2D eigenvalue weighted by molar-refractivity contribution is 5.97. The average Bonchev–Trinajstić information content (AvgIpc) is 3.62. The van der Waals surface area contributed by atoms with Crippen LogP contribution in [-0.2, 0) is 19.1 Å². The Morgan fingerprint density at radius 3 is 2.48 bits per heavy atom. The SMILES string of the molecule is COC(=O)N[C@@H]1C[C@@H](C(=O)O[C@H](C(=O)O)c2ccccc2)N(C(=O)c2nc(-c3ccc(OC(F)F)c(OCC4CC4)c3)oc2[C@H](C)N)C1. The van der Waals surface area contributed by atoms with Crippen molar-refractivity contribution in [2.45, 2.75) is 57.0 Å². The second kappa shape index (κ2) is 14.7. The van der Waals surface area contributed by atoms with E-state index >= 15 is 0 Å². The highest BCUT2D eigenvalue weighted by Crippen LogP contribution is 2.37. The summed E-state index contributed by atoms with van der Waals surface area (Å²) >= 11 is 0. The number of aliphatic carboxylic acids is 1. The van der Waals surface area contributed by atoms with Crippen LogP contribution in [0.5, 0.6) is 11.5 Å². The van der Waals surface area contributed by atoms with Crippen molar-refractivity contribution in [3.8, 4) is 23.0 Å². The highest BCUT2D eigenvalue weighted by atomic mass is 19.3. The van der Waals surface area contributed by atoms with E-state index < -0.39 is 54.8 Å². The van der Waals surface area contributed by atoms with Crippen LogP contribution in [-0.4, -0.2) is 77.9 Å². The van der Waals surface area contributed by atoms with Crippen molar-refractivity contribution in [2.75, 3.05) is 20.3 Å². The van der Waals surface area contributed by atoms with Crippen LogP contribution < -0.4 is 20.5 Å². The van der Waals surface area contributed by atoms with Gasteiger partial charge in [-0.15, -0.1) is 0 Å². The van der Waals surface area contributed by atoms with Gasteiger partial charge in [0.1, 0.15) is 6.04 Å². The number of aromatic nitrogens is 1. The minimum atomic E-state index is -3.09. The molecule has 1 aromatic heterocycles. The molecule has 5 rings (SSSR count). The van der Waals surface area contributed by atoms with Gasteiger partial charge in [0, 0.05) is 24.1 Å². The van der Waals surface area contributed by atoms with Gasteiger partial charge in [0.15, 0.2) is 23.0 Å². The fourth-order valence-corrected chi connectivity index (χ4v) is 5.19. The summed E-state index contributed by atoms with van der Waals surface area (Å²) in [5.41, 5.74) is 6.34. The number of esters is 1. The molecular weight excluding hydrogens is 638 g/mol. The number of hydrogen-bond acceptors (Lipinski definition) is 11. The largest absolute Gasteiger partial charge is 0.489 e. The molecule has 2 heterocycles. The number of rotatable bonds is 13. The van der Waals surface area contributed by atoms with Gasteiger partial charge in [0.05, 0.1) is 25.8 Å². The summed E-state index contributed by atoms with van der Waals surface area (Å²) < 4.78 is 52.4. The maximum absolute atomic E-state index is 14.1. The summed E-state index contributed by atoms with van der Waals surface area (Å²) in [7, 11) is 1.15. The number of benzene rings is 2. The van der Waals surface area contributed by atoms with Crippen LogP contribution in [0.25, 0.3) is 11.5 Å². The normalized spacial score (nSPS) is 18.6. The Morgan fingerprint density at radius 2 is 1.85 bits per heavy atom. The summed E-state index contributed by atoms with van der Waals surface area (Å²) in [5, 5.41) is 12.4. The quantitative estimate of drug-likeness (QED) is 0.221. The number of carboxylic acids is 1. The predicted octanol–water partition coefficient (Wildman–Crippen LogP) is 4.06. The molecule has 3 aromatic rings. The zero-order chi connectivity index (χ0) is 34.5. The minimum absolute atomic E-state index is 0.0265. The van der Waals surface area contributed by atoms with E-state index in [1.807, 2.05) is 0 Å². The molecule has 0 spiro atoms. The number of halogens is 2. The third kappa shape index (κ3) is 7.99. The van der Waals surface area contributed by atoms with Crippen molar-refractivity contribution in [2.24, 2.45) is 11.7 Å². The van der Waals surface area contributed by atoms with Crippen LogP contribution in [0, 0.1) is 5.92 Å². The molecule has 14 nitrogen and oxygen atoms in total. The minimum Gasteiger partial charge on any atom is -0.489 e. The molecule has 256 valence electrons. The number of alkyl carbamates (subject to hydrolysis) is 1. The third-order valence-electron chi connectivity index (χ3n) is 7.75. The fourth-order valence-electron chi connectivity index (χ4n) is 5.19. The lowest BCUT2D eigenvalue weighted by atomic mass is 10.1. The maximum atomic E-state index is 14.1. The molecule has 0 radical (unpaired) electrons. The van der Waals surface area contributed by atoms with E-state index in [0.29, 0.717) is 12.5 Å². The van der Waals surface area contributed by atoms with Crippen molar-refractivity contribution in [3.63, 3.8) is 0 Å². The van der Waals surface area contributed by atoms with Gasteiger partial charge in [0.2, 0.25) is 12.0 Å². The first-order chi connectivity index (χ1) is 22.9. The molecule has 2 amide bonds. The van der Waals surface area contributed by atoms with Crippen LogP contribution in [0.1, 0.15) is 60.1 Å². The lowest BCUT2D eigenvalue weighted by molar-refractivity contribution is -0.167. The lowest BCUT2D eigenvalue weighted by Gasteiger charge is -2.24. The number of alkyl halides is 2. The van der Waals surface area contributed by atoms with Crippen LogP contribution in [0.2, 0.25) is 0 Å². The molecule has 2 aliphatic rings. The molecule has 0 bridgehead atoms. The third-order valence-corrected chi connectivity index (χ3v) is 7.75. The van der Waals surface area contributed by atoms with Gasteiger partial charge in [0.25, 0.3) is 5.91 Å². The first kappa shape index (κ1) is 34.1. The van der Waals surface area contributed by atoms with E-state index in [1.165, 1.54) is 30.3 Å². The van der Waals surface area contributed by atoms with Crippen LogP contribution in [0.15, 0.2) is 52.9 Å². The van der Waals surface area contributed by atoms with E-state index in [4.69, 9.17) is 19.6 Å². The van der Waals surface area contributed by atoms with Crippen molar-refractivity contribution < 1.29 is 56.4 Å². The molecule has 16 heteroatoms. The van der Waals surface area contributed by atoms with Crippen LogP contribution in [0.3, 0.4) is 0 Å². The first-order valence-corrected chi connectivity index (χ1v) is 15.1. The van der Waals surface area contributed by atoms with Gasteiger partial charge < -0.3 is 44.4 Å². The monoisotopic (exact) mass is 672 g/mol. The van der Waals surface area contributed by atoms with Gasteiger partial charge in [-0.3, -0.25) is 4.79 Å². The van der Waals surface area contributed by atoms with E-state index in [9.17, 15) is 33.1 Å². The zero-order valence-corrected chi connectivity index (χ0v) is 26.0. The Kier molecular flexibility index (Phi) is 10.4. The van der Waals surface area contributed by atoms with Crippen molar-refractivity contribution in [1.82, 2.24) is 15.2 Å². The summed E-state index contributed by atoms with van der Waals surface area (Å²) in [6.45, 7) is -1.45. The smallest absolute Gasteiger partial charge is 0.407 e. The average molecular weight is 673 g/mol. The first-order valence-electron chi connectivity index (χ1n) is 15.1. The molecule has 2 fully saturated rings. The number of carboxylic acid groups (broad SMARTS) is 1. The molecule has 4 atom stereocenters. The topological polar surface area (TPSA) is 193 Å². The number of nitrogens with two attached hydrogens (primary N) is 1. The Hall–Kier alpha value is -5.25. The molecule has 0 unspecified atom stereocenters. The second-order valence-electron chi connectivity index (χ2n) is 11.4. The van der Waals surface area contributed by atoms with Gasteiger partial charge in [-0.2, -0.15) is 8.78 Å². The predicted molar refractivity (Wildman–Crippen MR) is 161 cm³/mol. The summed E-state index contributed by atoms with van der Waals surface area (Å²) in [5.74, 6) is -3.29. The Bertz CT molecular complexity index is 1650. The number of carbonyl (C=O) groups is 4. The molecule has 1 saturated heterocycles. The standard InChI is InChI=1S/C32H34F2N4O10/c1-16(35)25-24(37-27(47-25)19-10-11-22(46-31(33)34)23(12-19)45-15-17-8-9-17)28(39)38-14-20(36-32(43)44-2)13-21(38)30(42)48-26(29(40)41)18-6-4-3-5-7-18/h3-7,10-12,16-17,20-21,26,31H,8-9,13-15,35H2,1-2H3,(H,36,43)(H,40,41)/t16-,20+,21-,26-/m0/s1. The van der Waals surface area contributed by atoms with Crippen molar-refractivity contribution >= 4 is 23.9 Å². The number of hydrogen-bond donors (Lipinski definition) is 3. The fraction of sp³-hybridized carbons (Fsp3) is 0.406. The number of nitrogens with one attached hydrogen (secondary N) is 1. The van der Waals surface area contributed by atoms with Crippen molar-refractivity contribution in [1.29, 1.82) is 0 Å². The number of ether oxygens (including phenoxy) is 4. The van der Waals surface area contributed by atoms with Gasteiger partial charge in [-0.1, -0.05) is 30.3 Å². The number of amides is 2. The zero-order valence-electron chi connectivity index (χ0n) is 26.0. The number of methoxy groups -OCH3 is 1. The number of oxazole rings is 1. The van der Waals surface area contributed by atoms with Crippen LogP contribution >= 0.6 is 0 Å². The van der Waals surface area contributed by atoms with Crippen LogP contribution in [0.4, 0.5) is 13.6 Å². The van der Waals surface area contributed by atoms with Gasteiger partial charge in [-0.25, -0.2) is 19.4 Å². The molecular formula is C32H34F2N4O10. The highest BCUT2D eigenvalue weighted by Gasteiger charge is 2.44. The maximum Gasteiger partial charge on any atom is 0.407 e. The summed E-state index contributed by atoms with van der Waals surface area (Å²) in [6, 6.07) is 8.85. The molecule has 1 aliphatic heterocycles. The van der Waals surface area contributed by atoms with E-state index in [1.54, 1.807) is 25.1 Å². The summed E-state index contributed by atoms with van der Waals surface area (Å²) in [4.78, 5) is 57.1. The van der Waals surface area contributed by atoms with E-state index in [2.05, 4.69) is 19.8 Å². The molecule has 48 heavy (non-hydrogen) atoms. The number of carbonyl (C=O) groups excluding carboxylic acids is 3. The Morgan fingerprint density at radius 1 is 1.12 bits per heavy atom. The van der Waals surface area contributed by atoms with Crippen molar-refractivity contribution in [3.05, 3.63) is 65.5 Å².